The van der Waals surface area contributed by atoms with E-state index >= 15 is 0 Å². The number of benzene rings is 1. The lowest BCUT2D eigenvalue weighted by Gasteiger charge is -2.21. The van der Waals surface area contributed by atoms with Crippen LogP contribution in [0.4, 0.5) is 5.69 Å². The van der Waals surface area contributed by atoms with E-state index in [9.17, 15) is 18.0 Å². The van der Waals surface area contributed by atoms with Gasteiger partial charge in [0.15, 0.2) is 9.84 Å². The molecule has 0 saturated carbocycles. The SMILES string of the molecule is COc1cccc(NC2=C(Cl)C(=O)N([C@H]3CCS(=O)(=O)C3)C2=O)c1. The van der Waals surface area contributed by atoms with Gasteiger partial charge in [0.05, 0.1) is 24.7 Å². The van der Waals surface area contributed by atoms with E-state index in [-0.39, 0.29) is 28.7 Å². The van der Waals surface area contributed by atoms with Crippen molar-refractivity contribution in [2.75, 3.05) is 23.9 Å². The zero-order valence-corrected chi connectivity index (χ0v) is 14.4. The van der Waals surface area contributed by atoms with Gasteiger partial charge in [-0.15, -0.1) is 0 Å². The highest BCUT2D eigenvalue weighted by Gasteiger charge is 2.45. The minimum absolute atomic E-state index is 0.0367. The molecule has 24 heavy (non-hydrogen) atoms. The van der Waals surface area contributed by atoms with Gasteiger partial charge in [-0.2, -0.15) is 0 Å². The summed E-state index contributed by atoms with van der Waals surface area (Å²) in [6, 6.07) is 6.13. The average Bonchev–Trinajstić information content (AvgIpc) is 3.00. The number of nitrogens with one attached hydrogen (secondary N) is 1. The number of halogens is 1. The molecule has 1 atom stereocenters. The van der Waals surface area contributed by atoms with Crippen LogP contribution in [0, 0.1) is 0 Å². The first-order valence-electron chi connectivity index (χ1n) is 7.21. The molecule has 2 aliphatic rings. The standard InChI is InChI=1S/C15H15ClN2O5S/c1-23-11-4-2-3-9(7-11)17-13-12(16)14(19)18(15(13)20)10-5-6-24(21,22)8-10/h2-4,7,10,17H,5-6,8H2,1H3/t10-/m0/s1. The van der Waals surface area contributed by atoms with Crippen molar-refractivity contribution in [1.29, 1.82) is 0 Å². The minimum Gasteiger partial charge on any atom is -0.497 e. The summed E-state index contributed by atoms with van der Waals surface area (Å²) in [5, 5.41) is 2.58. The second-order valence-electron chi connectivity index (χ2n) is 5.58. The van der Waals surface area contributed by atoms with E-state index in [4.69, 9.17) is 16.3 Å². The molecule has 2 heterocycles. The van der Waals surface area contributed by atoms with Crippen LogP contribution in [-0.2, 0) is 19.4 Å². The molecule has 2 aliphatic heterocycles. The molecule has 1 aromatic rings. The smallest absolute Gasteiger partial charge is 0.279 e. The quantitative estimate of drug-likeness (QED) is 0.798. The number of imide groups is 1. The van der Waals surface area contributed by atoms with Gasteiger partial charge in [0, 0.05) is 11.8 Å². The molecular formula is C15H15ClN2O5S. The summed E-state index contributed by atoms with van der Waals surface area (Å²) in [5.74, 6) is -0.970. The Kier molecular flexibility index (Phi) is 4.27. The molecule has 128 valence electrons. The Labute approximate surface area is 144 Å². The van der Waals surface area contributed by atoms with Gasteiger partial charge in [0.25, 0.3) is 11.8 Å². The Morgan fingerprint density at radius 2 is 2.04 bits per heavy atom. The lowest BCUT2D eigenvalue weighted by Crippen LogP contribution is -2.42. The highest BCUT2D eigenvalue weighted by Crippen LogP contribution is 2.31. The fourth-order valence-corrected chi connectivity index (χ4v) is 4.70. The summed E-state index contributed by atoms with van der Waals surface area (Å²) in [5.41, 5.74) is 0.476. The zero-order chi connectivity index (χ0) is 17.5. The van der Waals surface area contributed by atoms with Crippen molar-refractivity contribution in [3.8, 4) is 5.75 Å². The first-order chi connectivity index (χ1) is 11.3. The molecule has 0 radical (unpaired) electrons. The van der Waals surface area contributed by atoms with Crippen molar-refractivity contribution >= 4 is 38.9 Å². The Morgan fingerprint density at radius 3 is 2.67 bits per heavy atom. The monoisotopic (exact) mass is 370 g/mol. The van der Waals surface area contributed by atoms with Gasteiger partial charge >= 0.3 is 0 Å². The van der Waals surface area contributed by atoms with Gasteiger partial charge in [-0.25, -0.2) is 8.42 Å². The first kappa shape index (κ1) is 16.8. The van der Waals surface area contributed by atoms with Gasteiger partial charge in [-0.1, -0.05) is 17.7 Å². The van der Waals surface area contributed by atoms with Crippen LogP contribution in [0.15, 0.2) is 35.0 Å². The largest absolute Gasteiger partial charge is 0.497 e. The number of methoxy groups -OCH3 is 1. The van der Waals surface area contributed by atoms with Crippen LogP contribution in [0.2, 0.25) is 0 Å². The van der Waals surface area contributed by atoms with E-state index in [1.54, 1.807) is 24.3 Å². The summed E-state index contributed by atoms with van der Waals surface area (Å²) >= 11 is 6.02. The fraction of sp³-hybridized carbons (Fsp3) is 0.333. The van der Waals surface area contributed by atoms with Crippen LogP contribution in [0.25, 0.3) is 0 Å². The molecule has 7 nitrogen and oxygen atoms in total. The van der Waals surface area contributed by atoms with Gasteiger partial charge in [-0.05, 0) is 18.6 Å². The van der Waals surface area contributed by atoms with Crippen LogP contribution in [-0.4, -0.2) is 49.8 Å². The van der Waals surface area contributed by atoms with Crippen LogP contribution >= 0.6 is 11.6 Å². The lowest BCUT2D eigenvalue weighted by atomic mass is 10.2. The van der Waals surface area contributed by atoms with E-state index in [2.05, 4.69) is 5.32 Å². The van der Waals surface area contributed by atoms with E-state index in [0.717, 1.165) is 4.90 Å². The van der Waals surface area contributed by atoms with Crippen LogP contribution < -0.4 is 10.1 Å². The van der Waals surface area contributed by atoms with Crippen LogP contribution in [0.3, 0.4) is 0 Å². The van der Waals surface area contributed by atoms with E-state index in [1.165, 1.54) is 7.11 Å². The second kappa shape index (κ2) is 6.10. The number of carbonyl (C=O) groups is 2. The third kappa shape index (κ3) is 2.99. The van der Waals surface area contributed by atoms with Gasteiger partial charge in [-0.3, -0.25) is 14.5 Å². The zero-order valence-electron chi connectivity index (χ0n) is 12.8. The first-order valence-corrected chi connectivity index (χ1v) is 9.41. The molecule has 2 amide bonds. The van der Waals surface area contributed by atoms with Crippen LogP contribution in [0.5, 0.6) is 5.75 Å². The molecule has 0 spiro atoms. The number of hydrogen-bond acceptors (Lipinski definition) is 6. The Balaban J connectivity index is 1.84. The van der Waals surface area contributed by atoms with Gasteiger partial charge in [0.1, 0.15) is 16.5 Å². The minimum atomic E-state index is -3.23. The van der Waals surface area contributed by atoms with E-state index < -0.39 is 27.7 Å². The Morgan fingerprint density at radius 1 is 1.29 bits per heavy atom. The number of carbonyl (C=O) groups excluding carboxylic acids is 2. The molecule has 0 unspecified atom stereocenters. The number of ether oxygens (including phenoxy) is 1. The number of rotatable bonds is 4. The van der Waals surface area contributed by atoms with Crippen molar-refractivity contribution < 1.29 is 22.7 Å². The molecule has 9 heteroatoms. The number of hydrogen-bond donors (Lipinski definition) is 1. The summed E-state index contributed by atoms with van der Waals surface area (Å²) in [6.07, 6.45) is 0.233. The molecule has 3 rings (SSSR count). The highest BCUT2D eigenvalue weighted by molar-refractivity contribution is 7.91. The number of amides is 2. The maximum Gasteiger partial charge on any atom is 0.279 e. The Bertz CT molecular complexity index is 849. The lowest BCUT2D eigenvalue weighted by molar-refractivity contribution is -0.139. The van der Waals surface area contributed by atoms with E-state index in [1.807, 2.05) is 0 Å². The maximum atomic E-state index is 12.6. The molecular weight excluding hydrogens is 356 g/mol. The molecule has 0 aliphatic carbocycles. The average molecular weight is 371 g/mol. The fourth-order valence-electron chi connectivity index (χ4n) is 2.78. The van der Waals surface area contributed by atoms with Gasteiger partial charge < -0.3 is 10.1 Å². The number of anilines is 1. The van der Waals surface area contributed by atoms with E-state index in [0.29, 0.717) is 11.4 Å². The summed E-state index contributed by atoms with van der Waals surface area (Å²) in [6.45, 7) is 0. The third-order valence-electron chi connectivity index (χ3n) is 3.97. The van der Waals surface area contributed by atoms with Crippen molar-refractivity contribution in [3.05, 3.63) is 35.0 Å². The normalized spacial score (nSPS) is 23.1. The molecule has 1 saturated heterocycles. The molecule has 1 fully saturated rings. The predicted octanol–water partition coefficient (Wildman–Crippen LogP) is 1.11. The summed E-state index contributed by atoms with van der Waals surface area (Å²) < 4.78 is 28.3. The predicted molar refractivity (Wildman–Crippen MR) is 88.4 cm³/mol. The summed E-state index contributed by atoms with van der Waals surface area (Å²) in [7, 11) is -1.72. The van der Waals surface area contributed by atoms with Crippen molar-refractivity contribution in [2.24, 2.45) is 0 Å². The molecule has 0 aromatic heterocycles. The van der Waals surface area contributed by atoms with Crippen molar-refractivity contribution in [2.45, 2.75) is 12.5 Å². The third-order valence-corrected chi connectivity index (χ3v) is 6.07. The maximum absolute atomic E-state index is 12.6. The van der Waals surface area contributed by atoms with Crippen molar-refractivity contribution in [1.82, 2.24) is 4.90 Å². The van der Waals surface area contributed by atoms with Crippen LogP contribution in [0.1, 0.15) is 6.42 Å². The molecule has 1 N–H and O–H groups in total. The highest BCUT2D eigenvalue weighted by atomic mass is 35.5. The summed E-state index contributed by atoms with van der Waals surface area (Å²) in [4.78, 5) is 25.8. The number of sulfone groups is 1. The topological polar surface area (TPSA) is 92.8 Å². The second-order valence-corrected chi connectivity index (χ2v) is 8.19. The Hall–Kier alpha value is -2.06. The molecule has 0 bridgehead atoms. The molecule has 1 aromatic carbocycles. The van der Waals surface area contributed by atoms with Crippen molar-refractivity contribution in [3.63, 3.8) is 0 Å². The number of nitrogens with zero attached hydrogens (tertiary/aromatic N) is 1. The van der Waals surface area contributed by atoms with Gasteiger partial charge in [0.2, 0.25) is 0 Å².